The fourth-order valence-electron chi connectivity index (χ4n) is 3.54. The van der Waals surface area contributed by atoms with Gasteiger partial charge >= 0.3 is 6.03 Å². The Morgan fingerprint density at radius 2 is 1.83 bits per heavy atom. The number of hydrogen-bond donors (Lipinski definition) is 3. The van der Waals surface area contributed by atoms with E-state index in [9.17, 15) is 19.2 Å². The van der Waals surface area contributed by atoms with E-state index in [0.717, 1.165) is 12.8 Å². The number of carbonyl (C=O) groups is 4. The van der Waals surface area contributed by atoms with Crippen LogP contribution in [0.2, 0.25) is 5.02 Å². The highest BCUT2D eigenvalue weighted by atomic mass is 35.5. The SMILES string of the molecule is O=C(CCCN1C(=O)NC2(CCCC2)C1=O)NNC(=O)COc1ccccc1Cl. The van der Waals surface area contributed by atoms with E-state index in [1.807, 2.05) is 0 Å². The summed E-state index contributed by atoms with van der Waals surface area (Å²) in [6.45, 7) is -0.155. The van der Waals surface area contributed by atoms with Crippen LogP contribution in [0.1, 0.15) is 38.5 Å². The maximum atomic E-state index is 12.5. The third-order valence-electron chi connectivity index (χ3n) is 5.03. The average Bonchev–Trinajstić information content (AvgIpc) is 3.26. The number of rotatable bonds is 7. The molecule has 1 spiro atoms. The Morgan fingerprint density at radius 1 is 1.14 bits per heavy atom. The molecule has 1 heterocycles. The standard InChI is InChI=1S/C19H23ClN4O5/c20-13-6-1-2-7-14(13)29-12-16(26)23-22-15(25)8-5-11-24-17(27)19(21-18(24)28)9-3-4-10-19/h1-2,6-7H,3-5,8-12H2,(H,21,28)(H,22,25)(H,23,26). The van der Waals surface area contributed by atoms with Crippen LogP contribution in [0.4, 0.5) is 4.79 Å². The molecule has 5 amide bonds. The number of amides is 5. The van der Waals surface area contributed by atoms with E-state index in [4.69, 9.17) is 16.3 Å². The molecule has 0 aromatic heterocycles. The Bertz CT molecular complexity index is 810. The lowest BCUT2D eigenvalue weighted by Gasteiger charge is -2.19. The first-order chi connectivity index (χ1) is 13.9. The van der Waals surface area contributed by atoms with Gasteiger partial charge in [-0.05, 0) is 31.4 Å². The van der Waals surface area contributed by atoms with Gasteiger partial charge in [0.25, 0.3) is 11.8 Å². The number of ether oxygens (including phenoxy) is 1. The topological polar surface area (TPSA) is 117 Å². The highest BCUT2D eigenvalue weighted by Gasteiger charge is 2.51. The lowest BCUT2D eigenvalue weighted by molar-refractivity contribution is -0.131. The molecule has 0 bridgehead atoms. The molecule has 0 atom stereocenters. The number of imide groups is 1. The quantitative estimate of drug-likeness (QED) is 0.455. The van der Waals surface area contributed by atoms with Gasteiger partial charge in [0.15, 0.2) is 6.61 Å². The van der Waals surface area contributed by atoms with E-state index in [1.54, 1.807) is 24.3 Å². The van der Waals surface area contributed by atoms with Gasteiger partial charge in [-0.15, -0.1) is 0 Å². The number of carbonyl (C=O) groups excluding carboxylic acids is 4. The zero-order chi connectivity index (χ0) is 20.9. The Morgan fingerprint density at radius 3 is 2.55 bits per heavy atom. The van der Waals surface area contributed by atoms with Crippen molar-refractivity contribution >= 4 is 35.4 Å². The minimum Gasteiger partial charge on any atom is -0.482 e. The van der Waals surface area contributed by atoms with E-state index in [-0.39, 0.29) is 25.5 Å². The summed E-state index contributed by atoms with van der Waals surface area (Å²) in [5, 5.41) is 3.17. The smallest absolute Gasteiger partial charge is 0.325 e. The molecular formula is C19H23ClN4O5. The Hall–Kier alpha value is -2.81. The Balaban J connectivity index is 1.34. The van der Waals surface area contributed by atoms with Gasteiger partial charge in [0, 0.05) is 13.0 Å². The van der Waals surface area contributed by atoms with Crippen molar-refractivity contribution in [2.24, 2.45) is 0 Å². The Kier molecular flexibility index (Phi) is 6.58. The van der Waals surface area contributed by atoms with E-state index in [1.165, 1.54) is 4.90 Å². The van der Waals surface area contributed by atoms with E-state index >= 15 is 0 Å². The van der Waals surface area contributed by atoms with Crippen LogP contribution in [0.15, 0.2) is 24.3 Å². The first-order valence-electron chi connectivity index (χ1n) is 9.50. The van der Waals surface area contributed by atoms with E-state index in [0.29, 0.717) is 30.0 Å². The van der Waals surface area contributed by atoms with Gasteiger partial charge in [-0.3, -0.25) is 30.1 Å². The summed E-state index contributed by atoms with van der Waals surface area (Å²) in [5.41, 5.74) is 3.77. The molecule has 1 aromatic carbocycles. The highest BCUT2D eigenvalue weighted by Crippen LogP contribution is 2.35. The average molecular weight is 423 g/mol. The second kappa shape index (κ2) is 9.13. The molecule has 2 aliphatic rings. The molecular weight excluding hydrogens is 400 g/mol. The van der Waals surface area contributed by atoms with Crippen LogP contribution in [0.5, 0.6) is 5.75 Å². The lowest BCUT2D eigenvalue weighted by Crippen LogP contribution is -2.44. The van der Waals surface area contributed by atoms with Crippen LogP contribution < -0.4 is 20.9 Å². The van der Waals surface area contributed by atoms with E-state index in [2.05, 4.69) is 16.2 Å². The number of benzene rings is 1. The van der Waals surface area contributed by atoms with Gasteiger partial charge in [-0.1, -0.05) is 36.6 Å². The number of para-hydroxylation sites is 1. The molecule has 1 saturated carbocycles. The molecule has 1 aliphatic carbocycles. The molecule has 1 aromatic rings. The lowest BCUT2D eigenvalue weighted by atomic mass is 9.98. The number of halogens is 1. The van der Waals surface area contributed by atoms with Crippen molar-refractivity contribution in [2.75, 3.05) is 13.2 Å². The van der Waals surface area contributed by atoms with Gasteiger partial charge < -0.3 is 10.1 Å². The first-order valence-corrected chi connectivity index (χ1v) is 9.88. The summed E-state index contributed by atoms with van der Waals surface area (Å²) in [6, 6.07) is 6.32. The molecule has 1 saturated heterocycles. The summed E-state index contributed by atoms with van der Waals surface area (Å²) in [7, 11) is 0. The van der Waals surface area contributed by atoms with Crippen molar-refractivity contribution in [3.05, 3.63) is 29.3 Å². The summed E-state index contributed by atoms with van der Waals surface area (Å²) < 4.78 is 5.27. The zero-order valence-corrected chi connectivity index (χ0v) is 16.6. The number of hydrazine groups is 1. The predicted molar refractivity (Wildman–Crippen MR) is 104 cm³/mol. The monoisotopic (exact) mass is 422 g/mol. The normalized spacial score (nSPS) is 17.3. The molecule has 2 fully saturated rings. The second-order valence-electron chi connectivity index (χ2n) is 7.10. The van der Waals surface area contributed by atoms with Crippen LogP contribution >= 0.6 is 11.6 Å². The molecule has 9 nitrogen and oxygen atoms in total. The van der Waals surface area contributed by atoms with Crippen molar-refractivity contribution in [3.8, 4) is 5.75 Å². The largest absolute Gasteiger partial charge is 0.482 e. The van der Waals surface area contributed by atoms with Gasteiger partial charge in [-0.2, -0.15) is 0 Å². The third-order valence-corrected chi connectivity index (χ3v) is 5.34. The summed E-state index contributed by atoms with van der Waals surface area (Å²) >= 11 is 5.92. The van der Waals surface area contributed by atoms with Gasteiger partial charge in [0.1, 0.15) is 11.3 Å². The highest BCUT2D eigenvalue weighted by molar-refractivity contribution is 6.32. The molecule has 156 valence electrons. The molecule has 10 heteroatoms. The third kappa shape index (κ3) is 4.97. The van der Waals surface area contributed by atoms with Gasteiger partial charge in [0.2, 0.25) is 5.91 Å². The van der Waals surface area contributed by atoms with Crippen LogP contribution in [-0.2, 0) is 14.4 Å². The second-order valence-corrected chi connectivity index (χ2v) is 7.50. The van der Waals surface area contributed by atoms with Gasteiger partial charge in [-0.25, -0.2) is 4.79 Å². The number of nitrogens with one attached hydrogen (secondary N) is 3. The van der Waals surface area contributed by atoms with Crippen LogP contribution in [0.3, 0.4) is 0 Å². The molecule has 1 aliphatic heterocycles. The fourth-order valence-corrected chi connectivity index (χ4v) is 3.73. The fraction of sp³-hybridized carbons (Fsp3) is 0.474. The van der Waals surface area contributed by atoms with Gasteiger partial charge in [0.05, 0.1) is 5.02 Å². The summed E-state index contributed by atoms with van der Waals surface area (Å²) in [4.78, 5) is 49.4. The van der Waals surface area contributed by atoms with Crippen molar-refractivity contribution in [1.29, 1.82) is 0 Å². The number of nitrogens with zero attached hydrogens (tertiary/aromatic N) is 1. The number of hydrogen-bond acceptors (Lipinski definition) is 5. The summed E-state index contributed by atoms with van der Waals surface area (Å²) in [6.07, 6.45) is 3.51. The van der Waals surface area contributed by atoms with Crippen molar-refractivity contribution in [2.45, 2.75) is 44.1 Å². The van der Waals surface area contributed by atoms with Crippen molar-refractivity contribution in [3.63, 3.8) is 0 Å². The zero-order valence-electron chi connectivity index (χ0n) is 15.8. The first kappa shape index (κ1) is 20.9. The minimum atomic E-state index is -0.741. The molecule has 0 radical (unpaired) electrons. The van der Waals surface area contributed by atoms with Crippen molar-refractivity contribution in [1.82, 2.24) is 21.1 Å². The molecule has 0 unspecified atom stereocenters. The Labute approximate surface area is 173 Å². The summed E-state index contributed by atoms with van der Waals surface area (Å²) in [5.74, 6) is -0.816. The maximum absolute atomic E-state index is 12.5. The molecule has 29 heavy (non-hydrogen) atoms. The molecule has 3 rings (SSSR count). The minimum absolute atomic E-state index is 0.0513. The van der Waals surface area contributed by atoms with Crippen molar-refractivity contribution < 1.29 is 23.9 Å². The predicted octanol–water partition coefficient (Wildman–Crippen LogP) is 1.51. The van der Waals surface area contributed by atoms with Crippen LogP contribution in [0.25, 0.3) is 0 Å². The van der Waals surface area contributed by atoms with Crippen LogP contribution in [0, 0.1) is 0 Å². The molecule has 3 N–H and O–H groups in total. The van der Waals surface area contributed by atoms with Crippen LogP contribution in [-0.4, -0.2) is 47.3 Å². The maximum Gasteiger partial charge on any atom is 0.325 e. The van der Waals surface area contributed by atoms with E-state index < -0.39 is 23.4 Å². The number of urea groups is 1.